The summed E-state index contributed by atoms with van der Waals surface area (Å²) in [6.45, 7) is 0.449. The summed E-state index contributed by atoms with van der Waals surface area (Å²) in [6.07, 6.45) is 6.93. The molecule has 0 saturated carbocycles. The van der Waals surface area contributed by atoms with E-state index in [-0.39, 0.29) is 24.0 Å². The molecular formula is C19H15N7O4. The van der Waals surface area contributed by atoms with E-state index in [2.05, 4.69) is 20.6 Å². The highest BCUT2D eigenvalue weighted by Crippen LogP contribution is 2.31. The highest BCUT2D eigenvalue weighted by molar-refractivity contribution is 6.24. The van der Waals surface area contributed by atoms with Gasteiger partial charge in [-0.15, -0.1) is 5.10 Å². The molecular weight excluding hydrogens is 390 g/mol. The minimum Gasteiger partial charge on any atom is -0.331 e. The zero-order valence-corrected chi connectivity index (χ0v) is 15.6. The first-order valence-electron chi connectivity index (χ1n) is 9.25. The number of piperidine rings is 1. The zero-order valence-electron chi connectivity index (χ0n) is 15.6. The Bertz CT molecular complexity index is 1200. The lowest BCUT2D eigenvalue weighted by Crippen LogP contribution is -2.54. The standard InChI is InChI=1S/C19H15N7O4/c27-15-5-4-14(17(28)21-15)26-18(29)12-2-1-3-13(16(12)19(26)30)25-9-11(22-23-25)8-24-7-6-20-10-24/h1-3,6-7,9-10,14H,4-5,8H2,(H,21,27,28). The summed E-state index contributed by atoms with van der Waals surface area (Å²) in [4.78, 5) is 54.6. The number of rotatable bonds is 4. The number of nitrogens with zero attached hydrogens (tertiary/aromatic N) is 6. The Morgan fingerprint density at radius 3 is 2.77 bits per heavy atom. The van der Waals surface area contributed by atoms with Crippen molar-refractivity contribution in [3.63, 3.8) is 0 Å². The number of hydrogen-bond acceptors (Lipinski definition) is 7. The summed E-state index contributed by atoms with van der Waals surface area (Å²) in [5.74, 6) is -2.22. The fraction of sp³-hybridized carbons (Fsp3) is 0.211. The first-order valence-corrected chi connectivity index (χ1v) is 9.25. The van der Waals surface area contributed by atoms with Gasteiger partial charge < -0.3 is 4.57 Å². The van der Waals surface area contributed by atoms with Crippen molar-refractivity contribution in [1.29, 1.82) is 0 Å². The monoisotopic (exact) mass is 405 g/mol. The van der Waals surface area contributed by atoms with Gasteiger partial charge in [0.05, 0.1) is 35.9 Å². The third-order valence-electron chi connectivity index (χ3n) is 5.14. The summed E-state index contributed by atoms with van der Waals surface area (Å²) >= 11 is 0. The highest BCUT2D eigenvalue weighted by atomic mass is 16.2. The molecule has 11 nitrogen and oxygen atoms in total. The van der Waals surface area contributed by atoms with Crippen LogP contribution in [0.1, 0.15) is 39.3 Å². The normalized spacial score (nSPS) is 18.7. The van der Waals surface area contributed by atoms with Crippen molar-refractivity contribution in [2.75, 3.05) is 0 Å². The number of aromatic nitrogens is 5. The quantitative estimate of drug-likeness (QED) is 0.600. The van der Waals surface area contributed by atoms with Crippen molar-refractivity contribution < 1.29 is 19.2 Å². The molecule has 1 fully saturated rings. The predicted octanol–water partition coefficient (Wildman–Crippen LogP) is -0.0867. The van der Waals surface area contributed by atoms with Gasteiger partial charge in [-0.2, -0.15) is 0 Å². The lowest BCUT2D eigenvalue weighted by atomic mass is 10.0. The number of carbonyl (C=O) groups excluding carboxylic acids is 4. The van der Waals surface area contributed by atoms with Gasteiger partial charge >= 0.3 is 0 Å². The number of imidazole rings is 1. The van der Waals surface area contributed by atoms with Gasteiger partial charge in [-0.3, -0.25) is 29.4 Å². The van der Waals surface area contributed by atoms with Crippen LogP contribution in [-0.2, 0) is 16.1 Å². The maximum atomic E-state index is 13.2. The van der Waals surface area contributed by atoms with E-state index in [1.165, 1.54) is 10.7 Å². The maximum absolute atomic E-state index is 13.2. The molecule has 2 aromatic heterocycles. The zero-order chi connectivity index (χ0) is 20.8. The highest BCUT2D eigenvalue weighted by Gasteiger charge is 2.45. The molecule has 0 radical (unpaired) electrons. The molecule has 150 valence electrons. The molecule has 1 aromatic carbocycles. The number of hydrogen-bond donors (Lipinski definition) is 1. The van der Waals surface area contributed by atoms with Crippen LogP contribution in [-0.4, -0.2) is 59.1 Å². The number of amides is 4. The molecule has 1 N–H and O–H groups in total. The molecule has 11 heteroatoms. The molecule has 5 rings (SSSR count). The number of nitrogens with one attached hydrogen (secondary N) is 1. The van der Waals surface area contributed by atoms with Gasteiger partial charge in [-0.05, 0) is 18.6 Å². The molecule has 30 heavy (non-hydrogen) atoms. The Kier molecular flexibility index (Phi) is 4.02. The SMILES string of the molecule is O=C1CCC(N2C(=O)c3cccc(-n4cc(Cn5ccnc5)nn4)c3C2=O)C(=O)N1. The van der Waals surface area contributed by atoms with Crippen LogP contribution in [0.25, 0.3) is 5.69 Å². The van der Waals surface area contributed by atoms with Crippen molar-refractivity contribution in [3.8, 4) is 5.69 Å². The Labute approximate surface area is 169 Å². The van der Waals surface area contributed by atoms with E-state index < -0.39 is 29.7 Å². The average molecular weight is 405 g/mol. The fourth-order valence-corrected chi connectivity index (χ4v) is 3.74. The van der Waals surface area contributed by atoms with Crippen LogP contribution >= 0.6 is 0 Å². The molecule has 0 spiro atoms. The minimum absolute atomic E-state index is 0.0668. The molecule has 1 unspecified atom stereocenters. The van der Waals surface area contributed by atoms with Crippen molar-refractivity contribution in [2.45, 2.75) is 25.4 Å². The maximum Gasteiger partial charge on any atom is 0.264 e. The Balaban J connectivity index is 1.49. The second kappa shape index (κ2) is 6.72. The Morgan fingerprint density at radius 2 is 2.00 bits per heavy atom. The molecule has 1 saturated heterocycles. The number of carbonyl (C=O) groups is 4. The molecule has 0 aliphatic carbocycles. The first-order chi connectivity index (χ1) is 14.5. The number of fused-ring (bicyclic) bond motifs is 1. The molecule has 2 aliphatic rings. The average Bonchev–Trinajstić information content (AvgIpc) is 3.45. The Hall–Kier alpha value is -4.15. The van der Waals surface area contributed by atoms with Crippen LogP contribution in [0.15, 0.2) is 43.1 Å². The van der Waals surface area contributed by atoms with Gasteiger partial charge in [0.2, 0.25) is 11.8 Å². The number of benzene rings is 1. The van der Waals surface area contributed by atoms with Crippen molar-refractivity contribution in [3.05, 3.63) is 59.9 Å². The van der Waals surface area contributed by atoms with Gasteiger partial charge in [0.25, 0.3) is 11.8 Å². The summed E-state index contributed by atoms with van der Waals surface area (Å²) in [6, 6.07) is 3.82. The third kappa shape index (κ3) is 2.79. The van der Waals surface area contributed by atoms with Crippen LogP contribution in [0.2, 0.25) is 0 Å². The summed E-state index contributed by atoms with van der Waals surface area (Å²) in [5, 5.41) is 10.4. The van der Waals surface area contributed by atoms with Crippen LogP contribution in [0.4, 0.5) is 0 Å². The molecule has 4 amide bonds. The van der Waals surface area contributed by atoms with Crippen molar-refractivity contribution >= 4 is 23.6 Å². The van der Waals surface area contributed by atoms with Crippen LogP contribution in [0.3, 0.4) is 0 Å². The first kappa shape index (κ1) is 17.9. The molecule has 3 aromatic rings. The van der Waals surface area contributed by atoms with Crippen molar-refractivity contribution in [1.82, 2.24) is 34.8 Å². The van der Waals surface area contributed by atoms with Gasteiger partial charge in [0.1, 0.15) is 11.7 Å². The smallest absolute Gasteiger partial charge is 0.264 e. The van der Waals surface area contributed by atoms with Crippen molar-refractivity contribution in [2.24, 2.45) is 0 Å². The lowest BCUT2D eigenvalue weighted by molar-refractivity contribution is -0.136. The van der Waals surface area contributed by atoms with Gasteiger partial charge in [0.15, 0.2) is 0 Å². The molecule has 1 atom stereocenters. The van der Waals surface area contributed by atoms with Crippen LogP contribution < -0.4 is 5.32 Å². The van der Waals surface area contributed by atoms with E-state index in [0.29, 0.717) is 17.9 Å². The largest absolute Gasteiger partial charge is 0.331 e. The topological polar surface area (TPSA) is 132 Å². The molecule has 4 heterocycles. The van der Waals surface area contributed by atoms with E-state index in [1.807, 2.05) is 4.57 Å². The number of imide groups is 2. The van der Waals surface area contributed by atoms with E-state index in [9.17, 15) is 19.2 Å². The predicted molar refractivity (Wildman–Crippen MR) is 99.4 cm³/mol. The van der Waals surface area contributed by atoms with E-state index in [0.717, 1.165) is 4.90 Å². The van der Waals surface area contributed by atoms with Gasteiger partial charge in [0, 0.05) is 18.8 Å². The molecule has 0 bridgehead atoms. The lowest BCUT2D eigenvalue weighted by Gasteiger charge is -2.27. The second-order valence-corrected chi connectivity index (χ2v) is 7.04. The van der Waals surface area contributed by atoms with E-state index in [1.54, 1.807) is 37.1 Å². The minimum atomic E-state index is -1.02. The van der Waals surface area contributed by atoms with Gasteiger partial charge in [-0.25, -0.2) is 9.67 Å². The van der Waals surface area contributed by atoms with Crippen LogP contribution in [0, 0.1) is 0 Å². The molecule has 2 aliphatic heterocycles. The Morgan fingerprint density at radius 1 is 1.13 bits per heavy atom. The summed E-state index contributed by atoms with van der Waals surface area (Å²) in [7, 11) is 0. The summed E-state index contributed by atoms with van der Waals surface area (Å²) < 4.78 is 3.26. The van der Waals surface area contributed by atoms with Crippen LogP contribution in [0.5, 0.6) is 0 Å². The summed E-state index contributed by atoms with van der Waals surface area (Å²) in [5.41, 5.74) is 1.38. The van der Waals surface area contributed by atoms with Gasteiger partial charge in [-0.1, -0.05) is 11.3 Å². The van der Waals surface area contributed by atoms with E-state index in [4.69, 9.17) is 0 Å². The third-order valence-corrected chi connectivity index (χ3v) is 5.14. The fourth-order valence-electron chi connectivity index (χ4n) is 3.74. The van der Waals surface area contributed by atoms with E-state index >= 15 is 0 Å². The second-order valence-electron chi connectivity index (χ2n) is 7.04.